The predicted molar refractivity (Wildman–Crippen MR) is 68.2 cm³/mol. The number of Topliss-reactive ketones (excluding diaryl/α,β-unsaturated/α-hetero) is 1. The summed E-state index contributed by atoms with van der Waals surface area (Å²) in [5.74, 6) is -1.65. The number of carboxylic acids is 1. The minimum atomic E-state index is -1.01. The second kappa shape index (κ2) is 6.10. The first-order valence-electron chi connectivity index (χ1n) is 5.11. The van der Waals surface area contributed by atoms with E-state index in [1.807, 2.05) is 6.07 Å². The summed E-state index contributed by atoms with van der Waals surface area (Å²) < 4.78 is 0. The van der Waals surface area contributed by atoms with Gasteiger partial charge < -0.3 is 10.4 Å². The molecule has 1 aromatic carbocycles. The maximum Gasteiger partial charge on any atom is 0.322 e. The smallest absolute Gasteiger partial charge is 0.322 e. The number of ketones is 1. The number of aliphatic carboxylic acids is 1. The Morgan fingerprint density at radius 2 is 1.94 bits per heavy atom. The van der Waals surface area contributed by atoms with Crippen LogP contribution in [0.25, 0.3) is 0 Å². The Morgan fingerprint density at radius 1 is 1.35 bits per heavy atom. The number of carbonyl (C=O) groups excluding carboxylic acids is 1. The number of rotatable bonds is 5. The van der Waals surface area contributed by atoms with Gasteiger partial charge in [-0.25, -0.2) is 0 Å². The lowest BCUT2D eigenvalue weighted by atomic mass is 9.99. The number of benzene rings is 1. The summed E-state index contributed by atoms with van der Waals surface area (Å²) in [5, 5.41) is 11.0. The highest BCUT2D eigenvalue weighted by atomic mass is 32.1. The molecule has 17 heavy (non-hydrogen) atoms. The molecule has 0 aliphatic rings. The highest BCUT2D eigenvalue weighted by Crippen LogP contribution is 2.09. The van der Waals surface area contributed by atoms with Gasteiger partial charge in [-0.2, -0.15) is 0 Å². The Balaban J connectivity index is 2.64. The number of nitrogens with one attached hydrogen (secondary N) is 1. The van der Waals surface area contributed by atoms with E-state index in [0.717, 1.165) is 0 Å². The van der Waals surface area contributed by atoms with Crippen molar-refractivity contribution in [2.75, 3.05) is 6.54 Å². The minimum Gasteiger partial charge on any atom is -0.480 e. The van der Waals surface area contributed by atoms with Crippen LogP contribution in [-0.4, -0.2) is 28.4 Å². The summed E-state index contributed by atoms with van der Waals surface area (Å²) in [7, 11) is 0. The van der Waals surface area contributed by atoms with Crippen molar-refractivity contribution in [3.8, 4) is 0 Å². The van der Waals surface area contributed by atoms with Gasteiger partial charge in [0.2, 0.25) is 0 Å². The first-order valence-corrected chi connectivity index (χ1v) is 5.52. The van der Waals surface area contributed by atoms with Gasteiger partial charge in [-0.1, -0.05) is 42.5 Å². The maximum atomic E-state index is 12.0. The minimum absolute atomic E-state index is 0.117. The van der Waals surface area contributed by atoms with Crippen molar-refractivity contribution < 1.29 is 14.7 Å². The largest absolute Gasteiger partial charge is 0.480 e. The molecule has 0 aliphatic heterocycles. The molecule has 0 saturated carbocycles. The standard InChI is InChI=1S/C12H13NO3S/c1-8(12(17)13-7-10(14)15)11(16)9-5-3-2-4-6-9/h2-6,8H,7H2,1H3,(H,13,17)(H,14,15). The molecular weight excluding hydrogens is 238 g/mol. The van der Waals surface area contributed by atoms with E-state index in [4.69, 9.17) is 17.3 Å². The lowest BCUT2D eigenvalue weighted by Gasteiger charge is -2.12. The molecule has 0 spiro atoms. The zero-order valence-electron chi connectivity index (χ0n) is 9.34. The van der Waals surface area contributed by atoms with E-state index >= 15 is 0 Å². The van der Waals surface area contributed by atoms with E-state index in [1.165, 1.54) is 0 Å². The molecule has 90 valence electrons. The van der Waals surface area contributed by atoms with Crippen LogP contribution in [0.5, 0.6) is 0 Å². The highest BCUT2D eigenvalue weighted by molar-refractivity contribution is 7.80. The Labute approximate surface area is 105 Å². The molecule has 1 unspecified atom stereocenters. The molecule has 1 aromatic rings. The van der Waals surface area contributed by atoms with E-state index < -0.39 is 11.9 Å². The summed E-state index contributed by atoms with van der Waals surface area (Å²) >= 11 is 4.98. The van der Waals surface area contributed by atoms with Gasteiger partial charge in [0, 0.05) is 5.56 Å². The molecule has 4 nitrogen and oxygen atoms in total. The van der Waals surface area contributed by atoms with E-state index in [0.29, 0.717) is 5.56 Å². The second-order valence-electron chi connectivity index (χ2n) is 3.56. The van der Waals surface area contributed by atoms with Crippen molar-refractivity contribution >= 4 is 29.0 Å². The second-order valence-corrected chi connectivity index (χ2v) is 4.00. The molecule has 5 heteroatoms. The lowest BCUT2D eigenvalue weighted by molar-refractivity contribution is -0.135. The van der Waals surface area contributed by atoms with Gasteiger partial charge >= 0.3 is 5.97 Å². The van der Waals surface area contributed by atoms with E-state index in [1.54, 1.807) is 31.2 Å². The molecule has 0 bridgehead atoms. The van der Waals surface area contributed by atoms with Gasteiger partial charge in [-0.15, -0.1) is 0 Å². The van der Waals surface area contributed by atoms with Crippen LogP contribution in [0.1, 0.15) is 17.3 Å². The van der Waals surface area contributed by atoms with Crippen LogP contribution in [0.2, 0.25) is 0 Å². The summed E-state index contributed by atoms with van der Waals surface area (Å²) in [6, 6.07) is 8.78. The van der Waals surface area contributed by atoms with Crippen molar-refractivity contribution in [2.45, 2.75) is 6.92 Å². The SMILES string of the molecule is CC(C(=O)c1ccccc1)C(=S)NCC(=O)O. The highest BCUT2D eigenvalue weighted by Gasteiger charge is 2.19. The van der Waals surface area contributed by atoms with Crippen molar-refractivity contribution in [2.24, 2.45) is 5.92 Å². The van der Waals surface area contributed by atoms with Crippen LogP contribution in [0.3, 0.4) is 0 Å². The van der Waals surface area contributed by atoms with Gasteiger partial charge in [-0.3, -0.25) is 9.59 Å². The summed E-state index contributed by atoms with van der Waals surface area (Å²) in [6.07, 6.45) is 0. The number of hydrogen-bond donors (Lipinski definition) is 2. The molecular formula is C12H13NO3S. The third kappa shape index (κ3) is 3.96. The Hall–Kier alpha value is -1.75. The number of thiocarbonyl (C=S) groups is 1. The average Bonchev–Trinajstić information content (AvgIpc) is 2.35. The zero-order chi connectivity index (χ0) is 12.8. The Kier molecular flexibility index (Phi) is 4.78. The molecule has 0 heterocycles. The van der Waals surface area contributed by atoms with Crippen molar-refractivity contribution in [1.29, 1.82) is 0 Å². The molecule has 0 aromatic heterocycles. The number of hydrogen-bond acceptors (Lipinski definition) is 3. The molecule has 1 rings (SSSR count). The third-order valence-corrected chi connectivity index (χ3v) is 2.76. The molecule has 2 N–H and O–H groups in total. The summed E-state index contributed by atoms with van der Waals surface area (Å²) in [6.45, 7) is 1.39. The van der Waals surface area contributed by atoms with Gasteiger partial charge in [0.25, 0.3) is 0 Å². The molecule has 0 aliphatic carbocycles. The average molecular weight is 251 g/mol. The monoisotopic (exact) mass is 251 g/mol. The lowest BCUT2D eigenvalue weighted by Crippen LogP contribution is -2.35. The van der Waals surface area contributed by atoms with Crippen LogP contribution < -0.4 is 5.32 Å². The number of carboxylic acid groups (broad SMARTS) is 1. The third-order valence-electron chi connectivity index (χ3n) is 2.26. The van der Waals surface area contributed by atoms with E-state index in [-0.39, 0.29) is 17.3 Å². The van der Waals surface area contributed by atoms with Crippen molar-refractivity contribution in [3.63, 3.8) is 0 Å². The Morgan fingerprint density at radius 3 is 2.47 bits per heavy atom. The summed E-state index contributed by atoms with van der Waals surface area (Å²) in [5.41, 5.74) is 0.569. The van der Waals surface area contributed by atoms with Crippen LogP contribution >= 0.6 is 12.2 Å². The molecule has 0 saturated heterocycles. The van der Waals surface area contributed by atoms with E-state index in [2.05, 4.69) is 5.32 Å². The fraction of sp³-hybridized carbons (Fsp3) is 0.250. The van der Waals surface area contributed by atoms with Gasteiger partial charge in [0.15, 0.2) is 5.78 Å². The van der Waals surface area contributed by atoms with Gasteiger partial charge in [-0.05, 0) is 6.92 Å². The molecule has 0 fully saturated rings. The van der Waals surface area contributed by atoms with Gasteiger partial charge in [0.05, 0.1) is 10.9 Å². The number of carbonyl (C=O) groups is 2. The fourth-order valence-electron chi connectivity index (χ4n) is 1.29. The Bertz CT molecular complexity index is 431. The first-order chi connectivity index (χ1) is 8.02. The maximum absolute atomic E-state index is 12.0. The van der Waals surface area contributed by atoms with Crippen LogP contribution in [0, 0.1) is 5.92 Å². The molecule has 0 amide bonds. The molecule has 0 radical (unpaired) electrons. The predicted octanol–water partition coefficient (Wildman–Crippen LogP) is 1.51. The van der Waals surface area contributed by atoms with Crippen LogP contribution in [0.15, 0.2) is 30.3 Å². The first kappa shape index (κ1) is 13.3. The fourth-order valence-corrected chi connectivity index (χ4v) is 1.47. The normalized spacial score (nSPS) is 11.6. The quantitative estimate of drug-likeness (QED) is 0.613. The van der Waals surface area contributed by atoms with Gasteiger partial charge in [0.1, 0.15) is 6.54 Å². The van der Waals surface area contributed by atoms with Crippen LogP contribution in [0.4, 0.5) is 0 Å². The van der Waals surface area contributed by atoms with Crippen molar-refractivity contribution in [1.82, 2.24) is 5.32 Å². The summed E-state index contributed by atoms with van der Waals surface area (Å²) in [4.78, 5) is 22.6. The topological polar surface area (TPSA) is 66.4 Å². The van der Waals surface area contributed by atoms with Crippen LogP contribution in [-0.2, 0) is 4.79 Å². The van der Waals surface area contributed by atoms with E-state index in [9.17, 15) is 9.59 Å². The zero-order valence-corrected chi connectivity index (χ0v) is 10.2. The molecule has 1 atom stereocenters. The van der Waals surface area contributed by atoms with Crippen molar-refractivity contribution in [3.05, 3.63) is 35.9 Å².